The van der Waals surface area contributed by atoms with E-state index in [0.717, 1.165) is 12.0 Å². The standard InChI is InChI=1S/C20H25NO5S3/c1-13(2)6-8-26-16-5-4-14(10-17(16)25-3)11-18-19(22)21(20(27)28-18)15-7-9-29(23,24)12-15/h4-5,10-11,13,15H,6-9,12H2,1-3H3/b18-11-/t15-/m0/s1. The summed E-state index contributed by atoms with van der Waals surface area (Å²) in [5, 5.41) is 0. The fraction of sp³-hybridized carbons (Fsp3) is 0.500. The summed E-state index contributed by atoms with van der Waals surface area (Å²) in [4.78, 5) is 14.8. The van der Waals surface area contributed by atoms with Crippen molar-refractivity contribution in [2.75, 3.05) is 25.2 Å². The van der Waals surface area contributed by atoms with Crippen LogP contribution in [0.15, 0.2) is 23.1 Å². The summed E-state index contributed by atoms with van der Waals surface area (Å²) in [7, 11) is -1.52. The van der Waals surface area contributed by atoms with Crippen molar-refractivity contribution >= 4 is 50.1 Å². The van der Waals surface area contributed by atoms with E-state index in [4.69, 9.17) is 21.7 Å². The third kappa shape index (κ3) is 5.32. The van der Waals surface area contributed by atoms with Gasteiger partial charge in [-0.15, -0.1) is 0 Å². The Bertz CT molecular complexity index is 939. The molecule has 2 fully saturated rings. The molecule has 0 saturated carbocycles. The molecule has 9 heteroatoms. The number of sulfone groups is 1. The summed E-state index contributed by atoms with van der Waals surface area (Å²) >= 11 is 6.55. The SMILES string of the molecule is COc1cc(/C=C2\SC(=S)N([C@H]3CCS(=O)(=O)C3)C2=O)ccc1OCCC(C)C. The first-order valence-corrected chi connectivity index (χ1v) is 12.5. The number of rotatable bonds is 7. The number of benzene rings is 1. The van der Waals surface area contributed by atoms with Crippen molar-refractivity contribution in [3.8, 4) is 11.5 Å². The number of amides is 1. The monoisotopic (exact) mass is 455 g/mol. The molecule has 1 atom stereocenters. The Hall–Kier alpha value is -1.58. The number of hydrogen-bond donors (Lipinski definition) is 0. The van der Waals surface area contributed by atoms with E-state index in [0.29, 0.717) is 39.7 Å². The molecule has 2 saturated heterocycles. The van der Waals surface area contributed by atoms with E-state index in [1.807, 2.05) is 18.2 Å². The van der Waals surface area contributed by atoms with Gasteiger partial charge in [-0.25, -0.2) is 8.42 Å². The van der Waals surface area contributed by atoms with Gasteiger partial charge < -0.3 is 9.47 Å². The highest BCUT2D eigenvalue weighted by Crippen LogP contribution is 2.37. The van der Waals surface area contributed by atoms with E-state index in [2.05, 4.69) is 13.8 Å². The first kappa shape index (κ1) is 22.1. The zero-order chi connectivity index (χ0) is 21.2. The van der Waals surface area contributed by atoms with Crippen molar-refractivity contribution in [3.63, 3.8) is 0 Å². The molecule has 1 aromatic carbocycles. The molecule has 2 aliphatic rings. The molecule has 1 aromatic rings. The summed E-state index contributed by atoms with van der Waals surface area (Å²) < 4.78 is 35.2. The molecule has 0 unspecified atom stereocenters. The number of hydrogen-bond acceptors (Lipinski definition) is 7. The predicted molar refractivity (Wildman–Crippen MR) is 120 cm³/mol. The van der Waals surface area contributed by atoms with Crippen LogP contribution in [0.25, 0.3) is 6.08 Å². The van der Waals surface area contributed by atoms with Crippen molar-refractivity contribution in [2.45, 2.75) is 32.7 Å². The topological polar surface area (TPSA) is 72.9 Å². The third-order valence-corrected chi connectivity index (χ3v) is 7.92. The molecule has 0 aromatic heterocycles. The second-order valence-electron chi connectivity index (χ2n) is 7.55. The number of carbonyl (C=O) groups is 1. The molecule has 2 heterocycles. The second kappa shape index (κ2) is 9.06. The fourth-order valence-corrected chi connectivity index (χ4v) is 6.32. The van der Waals surface area contributed by atoms with Crippen LogP contribution < -0.4 is 9.47 Å². The number of methoxy groups -OCH3 is 1. The largest absolute Gasteiger partial charge is 0.493 e. The normalized spacial score (nSPS) is 22.7. The van der Waals surface area contributed by atoms with Crippen LogP contribution >= 0.6 is 24.0 Å². The van der Waals surface area contributed by atoms with Gasteiger partial charge in [-0.05, 0) is 42.5 Å². The van der Waals surface area contributed by atoms with Gasteiger partial charge in [-0.2, -0.15) is 0 Å². The van der Waals surface area contributed by atoms with Crippen LogP contribution in [0.4, 0.5) is 0 Å². The van der Waals surface area contributed by atoms with Crippen LogP contribution in [0.1, 0.15) is 32.3 Å². The minimum Gasteiger partial charge on any atom is -0.493 e. The van der Waals surface area contributed by atoms with Gasteiger partial charge in [0.15, 0.2) is 21.3 Å². The maximum absolute atomic E-state index is 12.8. The number of thioether (sulfide) groups is 1. The van der Waals surface area contributed by atoms with Gasteiger partial charge in [0.2, 0.25) is 0 Å². The number of ether oxygens (including phenoxy) is 2. The molecule has 1 amide bonds. The molecule has 0 spiro atoms. The lowest BCUT2D eigenvalue weighted by atomic mass is 10.1. The van der Waals surface area contributed by atoms with Gasteiger partial charge in [0.1, 0.15) is 4.32 Å². The van der Waals surface area contributed by atoms with E-state index >= 15 is 0 Å². The van der Waals surface area contributed by atoms with Crippen molar-refractivity contribution in [2.24, 2.45) is 5.92 Å². The lowest BCUT2D eigenvalue weighted by Crippen LogP contribution is -2.39. The van der Waals surface area contributed by atoms with Crippen LogP contribution in [0, 0.1) is 5.92 Å². The number of thiocarbonyl (C=S) groups is 1. The molecule has 0 aliphatic carbocycles. The van der Waals surface area contributed by atoms with Crippen LogP contribution in [-0.2, 0) is 14.6 Å². The van der Waals surface area contributed by atoms with Gasteiger partial charge in [0, 0.05) is 0 Å². The molecule has 3 rings (SSSR count). The van der Waals surface area contributed by atoms with E-state index in [1.165, 1.54) is 16.7 Å². The van der Waals surface area contributed by atoms with Gasteiger partial charge in [-0.3, -0.25) is 9.69 Å². The Kier molecular flexibility index (Phi) is 6.90. The summed E-state index contributed by atoms with van der Waals surface area (Å²) in [6.07, 6.45) is 3.13. The average molecular weight is 456 g/mol. The molecule has 158 valence electrons. The minimum atomic E-state index is -3.10. The van der Waals surface area contributed by atoms with Gasteiger partial charge in [-0.1, -0.05) is 43.9 Å². The summed E-state index contributed by atoms with van der Waals surface area (Å²) in [5.41, 5.74) is 0.789. The number of nitrogens with zero attached hydrogens (tertiary/aromatic N) is 1. The van der Waals surface area contributed by atoms with E-state index in [1.54, 1.807) is 13.2 Å². The van der Waals surface area contributed by atoms with Crippen molar-refractivity contribution in [1.29, 1.82) is 0 Å². The quantitative estimate of drug-likeness (QED) is 0.460. The van der Waals surface area contributed by atoms with E-state index < -0.39 is 9.84 Å². The Balaban J connectivity index is 1.76. The Labute approximate surface area is 181 Å². The molecule has 0 N–H and O–H groups in total. The lowest BCUT2D eigenvalue weighted by Gasteiger charge is -2.20. The Morgan fingerprint density at radius 2 is 2.10 bits per heavy atom. The van der Waals surface area contributed by atoms with Crippen LogP contribution in [0.5, 0.6) is 11.5 Å². The molecule has 2 aliphatic heterocycles. The molecule has 6 nitrogen and oxygen atoms in total. The van der Waals surface area contributed by atoms with Crippen LogP contribution in [0.3, 0.4) is 0 Å². The smallest absolute Gasteiger partial charge is 0.266 e. The first-order chi connectivity index (χ1) is 13.7. The summed E-state index contributed by atoms with van der Waals surface area (Å²) in [6, 6.07) is 5.14. The highest BCUT2D eigenvalue weighted by Gasteiger charge is 2.42. The zero-order valence-corrected chi connectivity index (χ0v) is 19.2. The zero-order valence-electron chi connectivity index (χ0n) is 16.7. The van der Waals surface area contributed by atoms with Crippen molar-refractivity contribution < 1.29 is 22.7 Å². The third-order valence-electron chi connectivity index (χ3n) is 4.84. The molecule has 29 heavy (non-hydrogen) atoms. The second-order valence-corrected chi connectivity index (χ2v) is 11.5. The molecule has 0 radical (unpaired) electrons. The predicted octanol–water partition coefficient (Wildman–Crippen LogP) is 3.51. The number of carbonyl (C=O) groups excluding carboxylic acids is 1. The van der Waals surface area contributed by atoms with Crippen LogP contribution in [-0.4, -0.2) is 54.8 Å². The highest BCUT2D eigenvalue weighted by molar-refractivity contribution is 8.26. The molecule has 0 bridgehead atoms. The average Bonchev–Trinajstić information content (AvgIpc) is 3.13. The Morgan fingerprint density at radius 1 is 1.34 bits per heavy atom. The molecular weight excluding hydrogens is 430 g/mol. The van der Waals surface area contributed by atoms with Crippen molar-refractivity contribution in [3.05, 3.63) is 28.7 Å². The maximum atomic E-state index is 12.8. The minimum absolute atomic E-state index is 0.0248. The van der Waals surface area contributed by atoms with Crippen molar-refractivity contribution in [1.82, 2.24) is 4.90 Å². The van der Waals surface area contributed by atoms with E-state index in [9.17, 15) is 13.2 Å². The van der Waals surface area contributed by atoms with Gasteiger partial charge in [0.05, 0.1) is 36.2 Å². The maximum Gasteiger partial charge on any atom is 0.266 e. The first-order valence-electron chi connectivity index (χ1n) is 9.48. The Morgan fingerprint density at radius 3 is 2.72 bits per heavy atom. The van der Waals surface area contributed by atoms with E-state index in [-0.39, 0.29) is 23.5 Å². The van der Waals surface area contributed by atoms with Gasteiger partial charge >= 0.3 is 0 Å². The highest BCUT2D eigenvalue weighted by atomic mass is 32.2. The fourth-order valence-electron chi connectivity index (χ4n) is 3.22. The summed E-state index contributed by atoms with van der Waals surface area (Å²) in [6.45, 7) is 4.89. The molecular formula is C20H25NO5S3. The lowest BCUT2D eigenvalue weighted by molar-refractivity contribution is -0.123. The van der Waals surface area contributed by atoms with Crippen LogP contribution in [0.2, 0.25) is 0 Å². The van der Waals surface area contributed by atoms with Gasteiger partial charge in [0.25, 0.3) is 5.91 Å². The summed E-state index contributed by atoms with van der Waals surface area (Å²) in [5.74, 6) is 1.65.